The molecule has 0 spiro atoms. The SMILES string of the molecule is CC(NS(C)(=O)=O)C(=O)N1CCNCC1.Cl. The maximum Gasteiger partial charge on any atom is 0.240 e. The van der Waals surface area contributed by atoms with Crippen molar-refractivity contribution in [2.24, 2.45) is 0 Å². The van der Waals surface area contributed by atoms with Crippen molar-refractivity contribution in [1.82, 2.24) is 14.9 Å². The second-order valence-corrected chi connectivity index (χ2v) is 5.47. The van der Waals surface area contributed by atoms with E-state index in [0.29, 0.717) is 13.1 Å². The highest BCUT2D eigenvalue weighted by atomic mass is 35.5. The third-order valence-corrected chi connectivity index (χ3v) is 2.97. The van der Waals surface area contributed by atoms with Crippen LogP contribution in [0.3, 0.4) is 0 Å². The van der Waals surface area contributed by atoms with Crippen molar-refractivity contribution in [2.75, 3.05) is 32.4 Å². The van der Waals surface area contributed by atoms with Crippen LogP contribution in [0.1, 0.15) is 6.92 Å². The highest BCUT2D eigenvalue weighted by Crippen LogP contribution is 1.98. The number of nitrogens with one attached hydrogen (secondary N) is 2. The Hall–Kier alpha value is -0.370. The van der Waals surface area contributed by atoms with Gasteiger partial charge in [0.15, 0.2) is 0 Å². The molecule has 8 heteroatoms. The van der Waals surface area contributed by atoms with Gasteiger partial charge in [0.25, 0.3) is 0 Å². The van der Waals surface area contributed by atoms with Gasteiger partial charge in [-0.1, -0.05) is 0 Å². The first-order chi connectivity index (χ1) is 6.90. The molecule has 0 aromatic rings. The lowest BCUT2D eigenvalue weighted by atomic mass is 10.2. The summed E-state index contributed by atoms with van der Waals surface area (Å²) in [7, 11) is -3.32. The molecule has 1 atom stereocenters. The lowest BCUT2D eigenvalue weighted by Crippen LogP contribution is -2.52. The van der Waals surface area contributed by atoms with E-state index in [9.17, 15) is 13.2 Å². The monoisotopic (exact) mass is 271 g/mol. The standard InChI is InChI=1S/C8H17N3O3S.ClH/c1-7(10-15(2,13)14)8(12)11-5-3-9-4-6-11;/h7,9-10H,3-6H2,1-2H3;1H. The van der Waals surface area contributed by atoms with E-state index in [1.54, 1.807) is 11.8 Å². The van der Waals surface area contributed by atoms with E-state index in [4.69, 9.17) is 0 Å². The number of carbonyl (C=O) groups excluding carboxylic acids is 1. The normalized spacial score (nSPS) is 18.8. The lowest BCUT2D eigenvalue weighted by molar-refractivity contribution is -0.133. The zero-order chi connectivity index (χ0) is 11.5. The van der Waals surface area contributed by atoms with E-state index in [0.717, 1.165) is 19.3 Å². The van der Waals surface area contributed by atoms with Crippen LogP contribution in [0.5, 0.6) is 0 Å². The Bertz CT molecular complexity index is 327. The molecule has 1 rings (SSSR count). The van der Waals surface area contributed by atoms with Crippen molar-refractivity contribution in [3.63, 3.8) is 0 Å². The quantitative estimate of drug-likeness (QED) is 0.674. The minimum atomic E-state index is -3.32. The van der Waals surface area contributed by atoms with Crippen molar-refractivity contribution in [3.8, 4) is 0 Å². The van der Waals surface area contributed by atoms with Crippen LogP contribution in [0.2, 0.25) is 0 Å². The molecule has 16 heavy (non-hydrogen) atoms. The Balaban J connectivity index is 0.00000225. The fourth-order valence-corrected chi connectivity index (χ4v) is 2.27. The molecule has 0 aromatic heterocycles. The average molecular weight is 272 g/mol. The first kappa shape index (κ1) is 15.6. The molecule has 96 valence electrons. The molecular formula is C8H18ClN3O3S. The maximum atomic E-state index is 11.7. The van der Waals surface area contributed by atoms with E-state index in [-0.39, 0.29) is 18.3 Å². The fourth-order valence-electron chi connectivity index (χ4n) is 1.53. The van der Waals surface area contributed by atoms with Gasteiger partial charge in [0.1, 0.15) is 0 Å². The summed E-state index contributed by atoms with van der Waals surface area (Å²) in [5, 5.41) is 3.12. The molecule has 0 saturated carbocycles. The molecular weight excluding hydrogens is 254 g/mol. The smallest absolute Gasteiger partial charge is 0.240 e. The van der Waals surface area contributed by atoms with Crippen molar-refractivity contribution < 1.29 is 13.2 Å². The zero-order valence-electron chi connectivity index (χ0n) is 9.39. The van der Waals surface area contributed by atoms with Crippen LogP contribution in [0.25, 0.3) is 0 Å². The first-order valence-corrected chi connectivity index (χ1v) is 6.76. The predicted molar refractivity (Wildman–Crippen MR) is 64.1 cm³/mol. The van der Waals surface area contributed by atoms with Crippen molar-refractivity contribution in [1.29, 1.82) is 0 Å². The Labute approximate surface area is 102 Å². The molecule has 1 unspecified atom stereocenters. The zero-order valence-corrected chi connectivity index (χ0v) is 11.0. The molecule has 1 fully saturated rings. The molecule has 0 radical (unpaired) electrons. The minimum Gasteiger partial charge on any atom is -0.339 e. The third kappa shape index (κ3) is 5.11. The third-order valence-electron chi connectivity index (χ3n) is 2.19. The van der Waals surface area contributed by atoms with Crippen LogP contribution >= 0.6 is 12.4 Å². The molecule has 0 bridgehead atoms. The summed E-state index contributed by atoms with van der Waals surface area (Å²) >= 11 is 0. The van der Waals surface area contributed by atoms with Gasteiger partial charge in [-0.2, -0.15) is 0 Å². The van der Waals surface area contributed by atoms with Crippen molar-refractivity contribution in [3.05, 3.63) is 0 Å². The number of hydrogen-bond donors (Lipinski definition) is 2. The van der Waals surface area contributed by atoms with Gasteiger partial charge < -0.3 is 10.2 Å². The summed E-state index contributed by atoms with van der Waals surface area (Å²) in [5.74, 6) is -0.165. The Morgan fingerprint density at radius 3 is 2.31 bits per heavy atom. The number of nitrogens with zero attached hydrogens (tertiary/aromatic N) is 1. The highest BCUT2D eigenvalue weighted by Gasteiger charge is 2.23. The summed E-state index contributed by atoms with van der Waals surface area (Å²) in [6.45, 7) is 4.35. The maximum absolute atomic E-state index is 11.7. The second kappa shape index (κ2) is 6.39. The van der Waals surface area contributed by atoms with Gasteiger partial charge in [-0.3, -0.25) is 4.79 Å². The lowest BCUT2D eigenvalue weighted by Gasteiger charge is -2.29. The van der Waals surface area contributed by atoms with Gasteiger partial charge in [0, 0.05) is 26.2 Å². The van der Waals surface area contributed by atoms with Crippen molar-refractivity contribution in [2.45, 2.75) is 13.0 Å². The van der Waals surface area contributed by atoms with E-state index >= 15 is 0 Å². The number of hydrogen-bond acceptors (Lipinski definition) is 4. The summed E-state index contributed by atoms with van der Waals surface area (Å²) in [6.07, 6.45) is 1.05. The number of rotatable bonds is 3. The molecule has 1 aliphatic heterocycles. The van der Waals surface area contributed by atoms with E-state index in [2.05, 4.69) is 10.0 Å². The highest BCUT2D eigenvalue weighted by molar-refractivity contribution is 7.88. The van der Waals surface area contributed by atoms with Crippen LogP contribution in [-0.2, 0) is 14.8 Å². The Morgan fingerprint density at radius 2 is 1.88 bits per heavy atom. The van der Waals surface area contributed by atoms with E-state index in [1.165, 1.54) is 0 Å². The molecule has 1 saturated heterocycles. The second-order valence-electron chi connectivity index (χ2n) is 3.69. The van der Waals surface area contributed by atoms with Gasteiger partial charge in [0.2, 0.25) is 15.9 Å². The summed E-state index contributed by atoms with van der Waals surface area (Å²) < 4.78 is 24.1. The minimum absolute atomic E-state index is 0. The van der Waals surface area contributed by atoms with Crippen LogP contribution in [0.15, 0.2) is 0 Å². The molecule has 0 aliphatic carbocycles. The molecule has 2 N–H and O–H groups in total. The fraction of sp³-hybridized carbons (Fsp3) is 0.875. The largest absolute Gasteiger partial charge is 0.339 e. The number of amides is 1. The average Bonchev–Trinajstić information content (AvgIpc) is 2.15. The summed E-state index contributed by atoms with van der Waals surface area (Å²) in [6, 6.07) is -0.682. The summed E-state index contributed by atoms with van der Waals surface area (Å²) in [4.78, 5) is 13.4. The van der Waals surface area contributed by atoms with Crippen LogP contribution in [0.4, 0.5) is 0 Å². The predicted octanol–water partition coefficient (Wildman–Crippen LogP) is -1.22. The Morgan fingerprint density at radius 1 is 1.38 bits per heavy atom. The molecule has 6 nitrogen and oxygen atoms in total. The molecule has 1 amide bonds. The van der Waals surface area contributed by atoms with Gasteiger partial charge >= 0.3 is 0 Å². The van der Waals surface area contributed by atoms with E-state index < -0.39 is 16.1 Å². The number of sulfonamides is 1. The van der Waals surface area contributed by atoms with Crippen LogP contribution in [0, 0.1) is 0 Å². The van der Waals surface area contributed by atoms with Gasteiger partial charge in [0.05, 0.1) is 12.3 Å². The first-order valence-electron chi connectivity index (χ1n) is 4.87. The van der Waals surface area contributed by atoms with Gasteiger partial charge in [-0.25, -0.2) is 13.1 Å². The number of halogens is 1. The van der Waals surface area contributed by atoms with E-state index in [1.807, 2.05) is 0 Å². The van der Waals surface area contributed by atoms with Crippen LogP contribution in [-0.4, -0.2) is 57.7 Å². The number of piperazine rings is 1. The molecule has 0 aromatic carbocycles. The summed E-state index contributed by atoms with van der Waals surface area (Å²) in [5.41, 5.74) is 0. The topological polar surface area (TPSA) is 78.5 Å². The van der Waals surface area contributed by atoms with Gasteiger partial charge in [-0.15, -0.1) is 12.4 Å². The Kier molecular flexibility index (Phi) is 6.24. The van der Waals surface area contributed by atoms with Gasteiger partial charge in [-0.05, 0) is 6.92 Å². The molecule has 1 aliphatic rings. The van der Waals surface area contributed by atoms with Crippen molar-refractivity contribution >= 4 is 28.3 Å². The molecule has 1 heterocycles. The van der Waals surface area contributed by atoms with Crippen LogP contribution < -0.4 is 10.0 Å². The number of carbonyl (C=O) groups is 1.